The number of methoxy groups -OCH3 is 1. The molecule has 0 unspecified atom stereocenters. The van der Waals surface area contributed by atoms with E-state index in [0.717, 1.165) is 5.56 Å². The molecule has 13 heteroatoms. The number of carbonyl (C=O) groups is 2. The smallest absolute Gasteiger partial charge is 0.382 e. The number of piperidine rings is 1. The predicted octanol–water partition coefficient (Wildman–Crippen LogP) is 7.05. The van der Waals surface area contributed by atoms with Crippen LogP contribution in [0.2, 0.25) is 5.02 Å². The molecule has 0 bridgehead atoms. The largest absolute Gasteiger partial charge is 0.496 e. The molecule has 1 amide bonds. The van der Waals surface area contributed by atoms with E-state index in [4.69, 9.17) is 37.4 Å². The van der Waals surface area contributed by atoms with E-state index in [1.165, 1.54) is 4.57 Å². The highest BCUT2D eigenvalue weighted by Gasteiger charge is 2.42. The van der Waals surface area contributed by atoms with Gasteiger partial charge in [-0.05, 0) is 93.4 Å². The second kappa shape index (κ2) is 12.8. The van der Waals surface area contributed by atoms with Crippen LogP contribution in [-0.2, 0) is 24.4 Å². The van der Waals surface area contributed by atoms with Crippen molar-refractivity contribution < 1.29 is 32.6 Å². The van der Waals surface area contributed by atoms with Crippen molar-refractivity contribution in [3.8, 4) is 11.4 Å². The Kier molecular flexibility index (Phi) is 9.45. The summed E-state index contributed by atoms with van der Waals surface area (Å²) in [6.45, 7) is 8.22. The maximum absolute atomic E-state index is 14.7. The Hall–Kier alpha value is -3.28. The van der Waals surface area contributed by atoms with Crippen molar-refractivity contribution in [3.05, 3.63) is 69.8 Å². The molecule has 0 saturated carbocycles. The zero-order valence-electron chi connectivity index (χ0n) is 25.8. The van der Waals surface area contributed by atoms with Gasteiger partial charge in [0, 0.05) is 30.1 Å². The van der Waals surface area contributed by atoms with Gasteiger partial charge in [0.15, 0.2) is 5.82 Å². The molecule has 0 radical (unpaired) electrons. The number of halogens is 4. The molecule has 2 aromatic carbocycles. The summed E-state index contributed by atoms with van der Waals surface area (Å²) >= 11 is 11.9. The summed E-state index contributed by atoms with van der Waals surface area (Å²) in [5, 5.41) is 4.32. The maximum Gasteiger partial charge on any atom is 0.382 e. The number of likely N-dealkylation sites (tertiary alicyclic amines) is 1. The first-order valence-electron chi connectivity index (χ1n) is 14.8. The van der Waals surface area contributed by atoms with Crippen LogP contribution in [-0.4, -0.2) is 57.3 Å². The molecular formula is C32H36Cl2F2N4O5. The van der Waals surface area contributed by atoms with Crippen molar-refractivity contribution in [1.29, 1.82) is 0 Å². The van der Waals surface area contributed by atoms with Crippen molar-refractivity contribution in [1.82, 2.24) is 19.7 Å². The molecule has 242 valence electrons. The van der Waals surface area contributed by atoms with Crippen LogP contribution in [0.1, 0.15) is 87.0 Å². The van der Waals surface area contributed by atoms with Gasteiger partial charge in [-0.1, -0.05) is 23.7 Å². The van der Waals surface area contributed by atoms with Crippen LogP contribution in [0.3, 0.4) is 0 Å². The summed E-state index contributed by atoms with van der Waals surface area (Å²) in [6.07, 6.45) is -0.547. The van der Waals surface area contributed by atoms with E-state index in [2.05, 4.69) is 10.2 Å². The van der Waals surface area contributed by atoms with Crippen molar-refractivity contribution in [2.75, 3.05) is 20.2 Å². The fraction of sp³-hybridized carbons (Fsp3) is 0.500. The van der Waals surface area contributed by atoms with Crippen molar-refractivity contribution in [3.63, 3.8) is 0 Å². The molecule has 2 aliphatic rings. The van der Waals surface area contributed by atoms with Gasteiger partial charge in [-0.15, -0.1) is 10.2 Å². The highest BCUT2D eigenvalue weighted by atomic mass is 35.5. The Balaban J connectivity index is 1.47. The third kappa shape index (κ3) is 7.26. The fourth-order valence-corrected chi connectivity index (χ4v) is 6.28. The average Bonchev–Trinajstić information content (AvgIpc) is 3.36. The van der Waals surface area contributed by atoms with E-state index >= 15 is 0 Å². The number of amides is 1. The van der Waals surface area contributed by atoms with Gasteiger partial charge in [0.1, 0.15) is 23.6 Å². The molecule has 45 heavy (non-hydrogen) atoms. The summed E-state index contributed by atoms with van der Waals surface area (Å²) < 4.78 is 48.3. The number of fused-ring (bicyclic) bond motifs is 3. The van der Waals surface area contributed by atoms with E-state index in [0.29, 0.717) is 53.5 Å². The second-order valence-corrected chi connectivity index (χ2v) is 13.3. The van der Waals surface area contributed by atoms with Gasteiger partial charge in [0.05, 0.1) is 19.2 Å². The number of carbonyl (C=O) groups excluding carboxylic acids is 2. The van der Waals surface area contributed by atoms with E-state index in [1.54, 1.807) is 36.3 Å². The van der Waals surface area contributed by atoms with Gasteiger partial charge in [-0.2, -0.15) is 8.78 Å². The van der Waals surface area contributed by atoms with Crippen molar-refractivity contribution in [2.45, 2.75) is 76.6 Å². The number of aromatic nitrogens is 3. The molecule has 1 aromatic heterocycles. The molecule has 0 aliphatic carbocycles. The number of rotatable bonds is 7. The number of hydrogen-bond acceptors (Lipinski definition) is 7. The lowest BCUT2D eigenvalue weighted by molar-refractivity contribution is -0.156. The predicted molar refractivity (Wildman–Crippen MR) is 164 cm³/mol. The van der Waals surface area contributed by atoms with Crippen LogP contribution in [0.4, 0.5) is 8.78 Å². The molecule has 0 spiro atoms. The zero-order chi connectivity index (χ0) is 32.7. The Labute approximate surface area is 270 Å². The summed E-state index contributed by atoms with van der Waals surface area (Å²) in [5.74, 6) is -0.578. The molecule has 3 aromatic rings. The molecular weight excluding hydrogens is 629 g/mol. The van der Waals surface area contributed by atoms with Gasteiger partial charge in [-0.25, -0.2) is 0 Å². The van der Waals surface area contributed by atoms with E-state index < -0.39 is 29.0 Å². The molecule has 9 nitrogen and oxygen atoms in total. The minimum Gasteiger partial charge on any atom is -0.496 e. The summed E-state index contributed by atoms with van der Waals surface area (Å²) in [4.78, 5) is 27.8. The highest BCUT2D eigenvalue weighted by Crippen LogP contribution is 2.46. The fourth-order valence-electron chi connectivity index (χ4n) is 5.97. The quantitative estimate of drug-likeness (QED) is 0.197. The molecule has 2 atom stereocenters. The van der Waals surface area contributed by atoms with Crippen LogP contribution in [0, 0.1) is 12.8 Å². The topological polar surface area (TPSA) is 95.8 Å². The first kappa shape index (κ1) is 33.1. The van der Waals surface area contributed by atoms with Gasteiger partial charge in [-0.3, -0.25) is 14.2 Å². The molecule has 5 rings (SSSR count). The van der Waals surface area contributed by atoms with Crippen LogP contribution < -0.4 is 4.74 Å². The van der Waals surface area contributed by atoms with Crippen LogP contribution in [0.25, 0.3) is 5.69 Å². The lowest BCUT2D eigenvalue weighted by Crippen LogP contribution is -2.40. The van der Waals surface area contributed by atoms with Gasteiger partial charge < -0.3 is 19.1 Å². The normalized spacial score (nSPS) is 19.0. The molecule has 1 fully saturated rings. The Morgan fingerprint density at radius 1 is 1.07 bits per heavy atom. The number of alkyl halides is 3. The van der Waals surface area contributed by atoms with Crippen LogP contribution in [0.15, 0.2) is 36.4 Å². The first-order chi connectivity index (χ1) is 21.2. The van der Waals surface area contributed by atoms with Crippen molar-refractivity contribution in [2.24, 2.45) is 5.92 Å². The van der Waals surface area contributed by atoms with E-state index in [9.17, 15) is 18.4 Å². The third-order valence-electron chi connectivity index (χ3n) is 8.07. The summed E-state index contributed by atoms with van der Waals surface area (Å²) in [5.41, 5.74) is 1.69. The lowest BCUT2D eigenvalue weighted by Gasteiger charge is -2.33. The van der Waals surface area contributed by atoms with Gasteiger partial charge >= 0.3 is 11.4 Å². The Morgan fingerprint density at radius 3 is 2.42 bits per heavy atom. The minimum atomic E-state index is -3.86. The summed E-state index contributed by atoms with van der Waals surface area (Å²) in [7, 11) is 1.55. The van der Waals surface area contributed by atoms with Crippen LogP contribution >= 0.6 is 23.2 Å². The third-order valence-corrected chi connectivity index (χ3v) is 8.48. The zero-order valence-corrected chi connectivity index (χ0v) is 27.3. The lowest BCUT2D eigenvalue weighted by atomic mass is 9.93. The SMILES string of the molecule is COc1cccc([C@H]2O[C@H](CC(=O)N3CCC(CC(=O)OC(C)(C)C)CC3)c3nnc(C(F)(F)Cl)n3-c3ccc(Cl)cc32)c1C. The Bertz CT molecular complexity index is 1580. The highest BCUT2D eigenvalue weighted by molar-refractivity contribution is 6.30. The molecule has 1 saturated heterocycles. The number of ether oxygens (including phenoxy) is 3. The molecule has 2 aliphatic heterocycles. The Morgan fingerprint density at radius 2 is 1.78 bits per heavy atom. The number of nitrogens with zero attached hydrogens (tertiary/aromatic N) is 4. The van der Waals surface area contributed by atoms with Gasteiger partial charge in [0.25, 0.3) is 0 Å². The van der Waals surface area contributed by atoms with Crippen molar-refractivity contribution >= 4 is 35.1 Å². The first-order valence-corrected chi connectivity index (χ1v) is 15.5. The maximum atomic E-state index is 14.7. The monoisotopic (exact) mass is 664 g/mol. The van der Waals surface area contributed by atoms with Crippen LogP contribution in [0.5, 0.6) is 5.75 Å². The van der Waals surface area contributed by atoms with Gasteiger partial charge in [0.2, 0.25) is 11.7 Å². The number of esters is 1. The molecule has 0 N–H and O–H groups in total. The average molecular weight is 666 g/mol. The van der Waals surface area contributed by atoms with E-state index in [-0.39, 0.29) is 36.5 Å². The summed E-state index contributed by atoms with van der Waals surface area (Å²) in [6, 6.07) is 10.3. The second-order valence-electron chi connectivity index (χ2n) is 12.4. The molecule has 3 heterocycles. The number of benzene rings is 2. The van der Waals surface area contributed by atoms with E-state index in [1.807, 2.05) is 39.8 Å². The standard InChI is InChI=1S/C32H36Cl2F2N4O5/c1-18-21(7-6-8-24(18)43-5)28-22-16-20(33)9-10-23(22)40-29(37-38-30(40)32(34,35)36)25(44-28)17-26(41)39-13-11-19(12-14-39)15-27(42)45-31(2,3)4/h6-10,16,19,25,28H,11-15,17H2,1-5H3/t25-,28-/m1/s1. The number of hydrogen-bond donors (Lipinski definition) is 0. The minimum absolute atomic E-state index is 0.0186.